The van der Waals surface area contributed by atoms with Crippen LogP contribution in [0.15, 0.2) is 38.3 Å². The highest BCUT2D eigenvalue weighted by molar-refractivity contribution is 9.11. The van der Waals surface area contributed by atoms with E-state index in [1.807, 2.05) is 18.2 Å². The zero-order valence-corrected chi connectivity index (χ0v) is 13.7. The Morgan fingerprint density at radius 2 is 2.10 bits per heavy atom. The van der Waals surface area contributed by atoms with Crippen molar-refractivity contribution in [2.24, 2.45) is 0 Å². The highest BCUT2D eigenvalue weighted by Crippen LogP contribution is 2.30. The Morgan fingerprint density at radius 3 is 2.85 bits per heavy atom. The first-order valence-electron chi connectivity index (χ1n) is 6.19. The van der Waals surface area contributed by atoms with Crippen LogP contribution in [-0.4, -0.2) is 15.0 Å². The molecule has 2 N–H and O–H groups in total. The summed E-state index contributed by atoms with van der Waals surface area (Å²) in [6, 6.07) is 8.96. The van der Waals surface area contributed by atoms with Crippen LogP contribution in [0.1, 0.15) is 12.0 Å². The van der Waals surface area contributed by atoms with E-state index in [-0.39, 0.29) is 0 Å². The first kappa shape index (κ1) is 13.9. The van der Waals surface area contributed by atoms with Gasteiger partial charge in [-0.25, -0.2) is 8.42 Å². The van der Waals surface area contributed by atoms with E-state index in [0.717, 1.165) is 28.9 Å². The van der Waals surface area contributed by atoms with Crippen molar-refractivity contribution in [2.45, 2.75) is 17.1 Å². The summed E-state index contributed by atoms with van der Waals surface area (Å²) >= 11 is 4.47. The molecule has 20 heavy (non-hydrogen) atoms. The van der Waals surface area contributed by atoms with Gasteiger partial charge in [0.05, 0.1) is 9.47 Å². The summed E-state index contributed by atoms with van der Waals surface area (Å²) in [7, 11) is -3.51. The lowest BCUT2D eigenvalue weighted by Crippen LogP contribution is -2.14. The first-order chi connectivity index (χ1) is 9.54. The van der Waals surface area contributed by atoms with Gasteiger partial charge in [0, 0.05) is 12.2 Å². The fourth-order valence-corrected chi connectivity index (χ4v) is 5.23. The minimum atomic E-state index is -3.51. The molecule has 1 aliphatic heterocycles. The number of thiophene rings is 1. The van der Waals surface area contributed by atoms with Gasteiger partial charge in [-0.1, -0.05) is 6.07 Å². The van der Waals surface area contributed by atoms with Gasteiger partial charge in [-0.2, -0.15) is 0 Å². The molecule has 1 aromatic heterocycles. The van der Waals surface area contributed by atoms with Gasteiger partial charge in [0.2, 0.25) is 0 Å². The molecular formula is C13H13BrN2O2S2. The summed E-state index contributed by atoms with van der Waals surface area (Å²) in [5.41, 5.74) is 2.84. The van der Waals surface area contributed by atoms with Gasteiger partial charge in [-0.05, 0) is 58.6 Å². The molecule has 0 amide bonds. The maximum absolute atomic E-state index is 12.2. The highest BCUT2D eigenvalue weighted by Gasteiger charge is 2.17. The van der Waals surface area contributed by atoms with Crippen LogP contribution < -0.4 is 10.0 Å². The predicted octanol–water partition coefficient (Wildman–Crippen LogP) is 3.67. The van der Waals surface area contributed by atoms with Gasteiger partial charge >= 0.3 is 0 Å². The van der Waals surface area contributed by atoms with Crippen molar-refractivity contribution in [3.05, 3.63) is 39.7 Å². The van der Waals surface area contributed by atoms with Crippen LogP contribution in [0.25, 0.3) is 0 Å². The molecule has 0 bridgehead atoms. The molecule has 1 aromatic carbocycles. The minimum Gasteiger partial charge on any atom is -0.385 e. The third-order valence-corrected chi connectivity index (χ3v) is 6.61. The number of halogens is 1. The van der Waals surface area contributed by atoms with E-state index in [0.29, 0.717) is 9.90 Å². The monoisotopic (exact) mass is 372 g/mol. The van der Waals surface area contributed by atoms with Crippen LogP contribution in [-0.2, 0) is 16.4 Å². The second-order valence-electron chi connectivity index (χ2n) is 4.57. The van der Waals surface area contributed by atoms with E-state index in [1.165, 1.54) is 16.9 Å². The molecule has 0 aliphatic carbocycles. The average molecular weight is 373 g/mol. The number of nitrogens with one attached hydrogen (secondary N) is 2. The van der Waals surface area contributed by atoms with Crippen LogP contribution in [0.4, 0.5) is 11.4 Å². The first-order valence-corrected chi connectivity index (χ1v) is 9.29. The molecule has 106 valence electrons. The molecule has 0 radical (unpaired) electrons. The molecular weight excluding hydrogens is 360 g/mol. The summed E-state index contributed by atoms with van der Waals surface area (Å²) in [5.74, 6) is 0. The van der Waals surface area contributed by atoms with Crippen molar-refractivity contribution in [2.75, 3.05) is 16.6 Å². The molecule has 2 heterocycles. The second kappa shape index (κ2) is 5.38. The maximum Gasteiger partial charge on any atom is 0.271 e. The van der Waals surface area contributed by atoms with Crippen LogP contribution in [0, 0.1) is 0 Å². The van der Waals surface area contributed by atoms with Gasteiger partial charge in [-0.15, -0.1) is 11.3 Å². The van der Waals surface area contributed by atoms with E-state index >= 15 is 0 Å². The van der Waals surface area contributed by atoms with Gasteiger partial charge in [-0.3, -0.25) is 4.72 Å². The van der Waals surface area contributed by atoms with Crippen molar-refractivity contribution < 1.29 is 8.42 Å². The molecule has 1 aliphatic rings. The number of sulfonamides is 1. The third kappa shape index (κ3) is 2.84. The summed E-state index contributed by atoms with van der Waals surface area (Å²) in [6.07, 6.45) is 2.15. The fraction of sp³-hybridized carbons (Fsp3) is 0.231. The van der Waals surface area contributed by atoms with Crippen molar-refractivity contribution in [3.8, 4) is 0 Å². The van der Waals surface area contributed by atoms with Gasteiger partial charge in [0.15, 0.2) is 0 Å². The standard InChI is InChI=1S/C13H13BrN2O2S2/c14-12-5-6-13(19-12)20(17,18)16-10-4-3-9-2-1-7-15-11(9)8-10/h3-6,8,15-16H,1-2,7H2. The average Bonchev–Trinajstić information content (AvgIpc) is 2.86. The number of aryl methyl sites for hydroxylation is 1. The largest absolute Gasteiger partial charge is 0.385 e. The lowest BCUT2D eigenvalue weighted by molar-refractivity contribution is 0.603. The summed E-state index contributed by atoms with van der Waals surface area (Å²) < 4.78 is 28.2. The molecule has 0 spiro atoms. The third-order valence-electron chi connectivity index (χ3n) is 3.11. The van der Waals surface area contributed by atoms with Crippen LogP contribution in [0.2, 0.25) is 0 Å². The number of benzene rings is 1. The zero-order chi connectivity index (χ0) is 14.2. The fourth-order valence-electron chi connectivity index (χ4n) is 2.17. The maximum atomic E-state index is 12.2. The van der Waals surface area contributed by atoms with Crippen LogP contribution in [0.3, 0.4) is 0 Å². The van der Waals surface area contributed by atoms with Crippen LogP contribution >= 0.6 is 27.3 Å². The predicted molar refractivity (Wildman–Crippen MR) is 86.1 cm³/mol. The quantitative estimate of drug-likeness (QED) is 0.863. The van der Waals surface area contributed by atoms with E-state index in [9.17, 15) is 8.42 Å². The lowest BCUT2D eigenvalue weighted by atomic mass is 10.0. The SMILES string of the molecule is O=S(=O)(Nc1ccc2c(c1)NCCC2)c1ccc(Br)s1. The molecule has 0 atom stereocenters. The molecule has 2 aromatic rings. The van der Waals surface area contributed by atoms with E-state index in [2.05, 4.69) is 26.0 Å². The summed E-state index contributed by atoms with van der Waals surface area (Å²) in [5, 5.41) is 3.29. The number of hydrogen-bond donors (Lipinski definition) is 2. The lowest BCUT2D eigenvalue weighted by Gasteiger charge is -2.19. The topological polar surface area (TPSA) is 58.2 Å². The number of rotatable bonds is 3. The van der Waals surface area contributed by atoms with Crippen molar-refractivity contribution in [1.82, 2.24) is 0 Å². The van der Waals surface area contributed by atoms with E-state index in [4.69, 9.17) is 0 Å². The number of anilines is 2. The number of fused-ring (bicyclic) bond motifs is 1. The Kier molecular flexibility index (Phi) is 3.74. The minimum absolute atomic E-state index is 0.301. The smallest absolute Gasteiger partial charge is 0.271 e. The Morgan fingerprint density at radius 1 is 1.25 bits per heavy atom. The number of hydrogen-bond acceptors (Lipinski definition) is 4. The molecule has 0 saturated carbocycles. The second-order valence-corrected chi connectivity index (χ2v) is 8.94. The zero-order valence-electron chi connectivity index (χ0n) is 10.5. The Bertz CT molecular complexity index is 741. The Balaban J connectivity index is 1.87. The van der Waals surface area contributed by atoms with Crippen molar-refractivity contribution in [3.63, 3.8) is 0 Å². The van der Waals surface area contributed by atoms with E-state index < -0.39 is 10.0 Å². The van der Waals surface area contributed by atoms with Crippen molar-refractivity contribution >= 4 is 48.7 Å². The Labute approximate surface area is 130 Å². The molecule has 7 heteroatoms. The van der Waals surface area contributed by atoms with E-state index in [1.54, 1.807) is 12.1 Å². The summed E-state index contributed by atoms with van der Waals surface area (Å²) in [4.78, 5) is 0. The van der Waals surface area contributed by atoms with Gasteiger partial charge in [0.1, 0.15) is 4.21 Å². The molecule has 3 rings (SSSR count). The highest BCUT2D eigenvalue weighted by atomic mass is 79.9. The summed E-state index contributed by atoms with van der Waals surface area (Å²) in [6.45, 7) is 0.932. The van der Waals surface area contributed by atoms with Gasteiger partial charge in [0.25, 0.3) is 10.0 Å². The van der Waals surface area contributed by atoms with Crippen molar-refractivity contribution in [1.29, 1.82) is 0 Å². The normalized spacial score (nSPS) is 14.4. The Hall–Kier alpha value is -1.05. The molecule has 0 saturated heterocycles. The molecule has 0 unspecified atom stereocenters. The van der Waals surface area contributed by atoms with Crippen LogP contribution in [0.5, 0.6) is 0 Å². The molecule has 0 fully saturated rings. The van der Waals surface area contributed by atoms with Gasteiger partial charge < -0.3 is 5.32 Å². The molecule has 4 nitrogen and oxygen atoms in total.